The number of aromatic nitrogens is 4. The third-order valence-corrected chi connectivity index (χ3v) is 6.54. The highest BCUT2D eigenvalue weighted by Crippen LogP contribution is 2.35. The standard InChI is InChI=1S/C22H23N7O2S/c1-28-17-10-23-19(25-15-7-8-15)9-18(17)32-12-16(22(28)31)26-21(30)20-24-13-29(27-20)11-14-5-3-2-4-6-14/h2-6,9-10,13,15-16H,7-8,11-12H2,1H3,(H,23,25)(H,26,30)/t16-/m0/s1. The van der Waals surface area contributed by atoms with E-state index >= 15 is 0 Å². The van der Waals surface area contributed by atoms with E-state index in [-0.39, 0.29) is 11.7 Å². The molecular weight excluding hydrogens is 426 g/mol. The van der Waals surface area contributed by atoms with Gasteiger partial charge in [-0.2, -0.15) is 0 Å². The van der Waals surface area contributed by atoms with Crippen molar-refractivity contribution in [3.8, 4) is 0 Å². The Kier molecular flexibility index (Phi) is 5.52. The zero-order valence-electron chi connectivity index (χ0n) is 17.6. The van der Waals surface area contributed by atoms with Gasteiger partial charge < -0.3 is 15.5 Å². The number of thioether (sulfide) groups is 1. The third-order valence-electron chi connectivity index (χ3n) is 5.40. The van der Waals surface area contributed by atoms with Crippen molar-refractivity contribution in [3.63, 3.8) is 0 Å². The Morgan fingerprint density at radius 3 is 2.81 bits per heavy atom. The van der Waals surface area contributed by atoms with Crippen LogP contribution in [0.1, 0.15) is 29.0 Å². The molecule has 1 aromatic carbocycles. The molecule has 0 bridgehead atoms. The molecule has 0 radical (unpaired) electrons. The highest BCUT2D eigenvalue weighted by atomic mass is 32.2. The number of likely N-dealkylation sites (N-methyl/N-ethyl adjacent to an activating group) is 1. The second-order valence-electron chi connectivity index (χ2n) is 7.94. The van der Waals surface area contributed by atoms with Crippen LogP contribution in [-0.4, -0.2) is 56.4 Å². The quantitative estimate of drug-likeness (QED) is 0.594. The molecule has 2 aliphatic rings. The van der Waals surface area contributed by atoms with Gasteiger partial charge in [0.1, 0.15) is 18.2 Å². The minimum absolute atomic E-state index is 0.0423. The van der Waals surface area contributed by atoms with Crippen LogP contribution in [0, 0.1) is 0 Å². The summed E-state index contributed by atoms with van der Waals surface area (Å²) in [6, 6.07) is 11.6. The predicted molar refractivity (Wildman–Crippen MR) is 122 cm³/mol. The van der Waals surface area contributed by atoms with Gasteiger partial charge >= 0.3 is 0 Å². The minimum Gasteiger partial charge on any atom is -0.367 e. The maximum absolute atomic E-state index is 13.0. The summed E-state index contributed by atoms with van der Waals surface area (Å²) in [5.74, 6) is 0.609. The molecule has 1 atom stereocenters. The van der Waals surface area contributed by atoms with Crippen LogP contribution in [-0.2, 0) is 11.3 Å². The van der Waals surface area contributed by atoms with Crippen molar-refractivity contribution in [1.29, 1.82) is 0 Å². The summed E-state index contributed by atoms with van der Waals surface area (Å²) in [6.45, 7) is 0.515. The molecule has 1 fully saturated rings. The number of nitrogens with one attached hydrogen (secondary N) is 2. The molecule has 3 heterocycles. The summed E-state index contributed by atoms with van der Waals surface area (Å²) >= 11 is 1.53. The monoisotopic (exact) mass is 449 g/mol. The molecule has 9 nitrogen and oxygen atoms in total. The lowest BCUT2D eigenvalue weighted by molar-refractivity contribution is -0.119. The molecule has 164 valence electrons. The Morgan fingerprint density at radius 1 is 1.22 bits per heavy atom. The van der Waals surface area contributed by atoms with E-state index in [1.165, 1.54) is 18.1 Å². The maximum Gasteiger partial charge on any atom is 0.291 e. The average molecular weight is 450 g/mol. The Morgan fingerprint density at radius 2 is 2.03 bits per heavy atom. The normalized spacial score (nSPS) is 18.1. The van der Waals surface area contributed by atoms with Crippen molar-refractivity contribution < 1.29 is 9.59 Å². The van der Waals surface area contributed by atoms with E-state index in [1.54, 1.807) is 22.8 Å². The topological polar surface area (TPSA) is 105 Å². The van der Waals surface area contributed by atoms with Gasteiger partial charge in [-0.05, 0) is 24.5 Å². The van der Waals surface area contributed by atoms with E-state index < -0.39 is 11.9 Å². The lowest BCUT2D eigenvalue weighted by atomic mass is 10.2. The van der Waals surface area contributed by atoms with Gasteiger partial charge in [-0.25, -0.2) is 14.6 Å². The van der Waals surface area contributed by atoms with E-state index in [0.29, 0.717) is 18.3 Å². The number of nitrogens with zero attached hydrogens (tertiary/aromatic N) is 5. The Bertz CT molecular complexity index is 1150. The number of hydrogen-bond donors (Lipinski definition) is 2. The highest BCUT2D eigenvalue weighted by Gasteiger charge is 2.31. The maximum atomic E-state index is 13.0. The number of carbonyl (C=O) groups excluding carboxylic acids is 2. The number of fused-ring (bicyclic) bond motifs is 1. The Labute approximate surface area is 189 Å². The lowest BCUT2D eigenvalue weighted by Crippen LogP contribution is -2.48. The van der Waals surface area contributed by atoms with Crippen LogP contribution in [0.4, 0.5) is 11.5 Å². The summed E-state index contributed by atoms with van der Waals surface area (Å²) in [5.41, 5.74) is 1.80. The van der Waals surface area contributed by atoms with E-state index in [1.807, 2.05) is 36.4 Å². The zero-order chi connectivity index (χ0) is 22.1. The van der Waals surface area contributed by atoms with Crippen molar-refractivity contribution in [2.45, 2.75) is 36.4 Å². The SMILES string of the molecule is CN1C(=O)[C@@H](NC(=O)c2ncn(Cc3ccccc3)n2)CSc2cc(NC3CC3)ncc21. The molecule has 2 amide bonds. The van der Waals surface area contributed by atoms with Crippen LogP contribution < -0.4 is 15.5 Å². The molecule has 0 saturated heterocycles. The smallest absolute Gasteiger partial charge is 0.291 e. The van der Waals surface area contributed by atoms with Crippen molar-refractivity contribution in [2.24, 2.45) is 0 Å². The summed E-state index contributed by atoms with van der Waals surface area (Å²) in [4.78, 5) is 36.8. The number of anilines is 2. The molecule has 2 aromatic heterocycles. The molecule has 0 spiro atoms. The first-order valence-corrected chi connectivity index (χ1v) is 11.5. The van der Waals surface area contributed by atoms with E-state index in [0.717, 1.165) is 34.8 Å². The van der Waals surface area contributed by atoms with Gasteiger partial charge in [0.15, 0.2) is 0 Å². The van der Waals surface area contributed by atoms with Gasteiger partial charge in [0.25, 0.3) is 5.91 Å². The predicted octanol–water partition coefficient (Wildman–Crippen LogP) is 2.16. The molecule has 10 heteroatoms. The molecule has 0 unspecified atom stereocenters. The number of amides is 2. The van der Waals surface area contributed by atoms with Gasteiger partial charge in [0.2, 0.25) is 11.7 Å². The number of carbonyl (C=O) groups is 2. The fraction of sp³-hybridized carbons (Fsp3) is 0.318. The van der Waals surface area contributed by atoms with Crippen molar-refractivity contribution in [3.05, 3.63) is 60.3 Å². The number of hydrogen-bond acceptors (Lipinski definition) is 7. The van der Waals surface area contributed by atoms with Gasteiger partial charge in [0, 0.05) is 23.7 Å². The van der Waals surface area contributed by atoms with Gasteiger partial charge in [-0.1, -0.05) is 30.3 Å². The fourth-order valence-corrected chi connectivity index (χ4v) is 4.59. The van der Waals surface area contributed by atoms with Crippen LogP contribution in [0.15, 0.2) is 53.8 Å². The van der Waals surface area contributed by atoms with Crippen molar-refractivity contribution in [2.75, 3.05) is 23.0 Å². The van der Waals surface area contributed by atoms with Crippen molar-refractivity contribution in [1.82, 2.24) is 25.1 Å². The number of benzene rings is 1. The molecule has 5 rings (SSSR count). The first kappa shape index (κ1) is 20.5. The first-order chi connectivity index (χ1) is 15.6. The third kappa shape index (κ3) is 4.45. The summed E-state index contributed by atoms with van der Waals surface area (Å²) < 4.78 is 1.61. The first-order valence-electron chi connectivity index (χ1n) is 10.5. The van der Waals surface area contributed by atoms with E-state index in [9.17, 15) is 9.59 Å². The Hall–Kier alpha value is -3.40. The fourth-order valence-electron chi connectivity index (χ4n) is 3.48. The van der Waals surface area contributed by atoms with Gasteiger partial charge in [-0.3, -0.25) is 9.59 Å². The van der Waals surface area contributed by atoms with Crippen LogP contribution in [0.25, 0.3) is 0 Å². The van der Waals surface area contributed by atoms with Crippen LogP contribution in [0.3, 0.4) is 0 Å². The molecule has 1 saturated carbocycles. The molecule has 1 aliphatic carbocycles. The van der Waals surface area contributed by atoms with Crippen molar-refractivity contribution >= 4 is 35.1 Å². The van der Waals surface area contributed by atoms with Crippen LogP contribution in [0.2, 0.25) is 0 Å². The second kappa shape index (κ2) is 8.62. The number of rotatable bonds is 6. The average Bonchev–Trinajstić information content (AvgIpc) is 3.52. The number of pyridine rings is 1. The summed E-state index contributed by atoms with van der Waals surface area (Å²) in [7, 11) is 1.70. The largest absolute Gasteiger partial charge is 0.367 e. The minimum atomic E-state index is -0.689. The summed E-state index contributed by atoms with van der Waals surface area (Å²) in [6.07, 6.45) is 5.55. The van der Waals surface area contributed by atoms with Gasteiger partial charge in [-0.15, -0.1) is 16.9 Å². The molecule has 3 aromatic rings. The molecule has 2 N–H and O–H groups in total. The van der Waals surface area contributed by atoms with E-state index in [4.69, 9.17) is 0 Å². The van der Waals surface area contributed by atoms with E-state index in [2.05, 4.69) is 25.7 Å². The highest BCUT2D eigenvalue weighted by molar-refractivity contribution is 7.99. The molecule has 1 aliphatic heterocycles. The van der Waals surface area contributed by atoms with Crippen LogP contribution >= 0.6 is 11.8 Å². The molecular formula is C22H23N7O2S. The zero-order valence-corrected chi connectivity index (χ0v) is 18.4. The Balaban J connectivity index is 1.26. The summed E-state index contributed by atoms with van der Waals surface area (Å²) in [5, 5.41) is 10.4. The molecule has 32 heavy (non-hydrogen) atoms. The van der Waals surface area contributed by atoms with Gasteiger partial charge in [0.05, 0.1) is 18.4 Å². The second-order valence-corrected chi connectivity index (χ2v) is 9.00. The van der Waals surface area contributed by atoms with Crippen LogP contribution in [0.5, 0.6) is 0 Å². The lowest BCUT2D eigenvalue weighted by Gasteiger charge is -2.21.